The van der Waals surface area contributed by atoms with Crippen LogP contribution < -0.4 is 14.4 Å². The summed E-state index contributed by atoms with van der Waals surface area (Å²) in [5, 5.41) is 0.674. The molecule has 0 aromatic heterocycles. The Hall–Kier alpha value is -2.44. The molecule has 0 radical (unpaired) electrons. The summed E-state index contributed by atoms with van der Waals surface area (Å²) in [5.74, 6) is 0.727. The molecule has 1 atom stereocenters. The lowest BCUT2D eigenvalue weighted by molar-refractivity contribution is -0.124. The molecule has 1 aliphatic rings. The summed E-state index contributed by atoms with van der Waals surface area (Å²) in [6.07, 6.45) is 0. The molecule has 1 heterocycles. The molecule has 0 saturated carbocycles. The summed E-state index contributed by atoms with van der Waals surface area (Å²) in [7, 11) is 3.10. The summed E-state index contributed by atoms with van der Waals surface area (Å²) in [6, 6.07) is 9.33. The summed E-state index contributed by atoms with van der Waals surface area (Å²) < 4.78 is 10.6. The Morgan fingerprint density at radius 2 is 1.64 bits per heavy atom. The molecule has 0 aliphatic carbocycles. The van der Waals surface area contributed by atoms with Gasteiger partial charge in [-0.25, -0.2) is 0 Å². The van der Waals surface area contributed by atoms with Gasteiger partial charge in [-0.3, -0.25) is 9.59 Å². The zero-order valence-corrected chi connectivity index (χ0v) is 17.3. The Kier molecular flexibility index (Phi) is 6.01. The molecule has 148 valence electrons. The first-order valence-corrected chi connectivity index (χ1v) is 9.41. The van der Waals surface area contributed by atoms with Crippen LogP contribution >= 0.6 is 23.2 Å². The van der Waals surface area contributed by atoms with Crippen LogP contribution in [0.15, 0.2) is 36.4 Å². The van der Waals surface area contributed by atoms with Crippen molar-refractivity contribution in [1.82, 2.24) is 4.90 Å². The predicted molar refractivity (Wildman–Crippen MR) is 109 cm³/mol. The molecule has 2 aromatic rings. The lowest BCUT2D eigenvalue weighted by Crippen LogP contribution is -2.57. The number of nitrogens with zero attached hydrogens (tertiary/aromatic N) is 2. The number of carbonyl (C=O) groups excluding carboxylic acids is 2. The summed E-state index contributed by atoms with van der Waals surface area (Å²) in [4.78, 5) is 29.0. The highest BCUT2D eigenvalue weighted by molar-refractivity contribution is 6.42. The molecule has 1 aliphatic heterocycles. The van der Waals surface area contributed by atoms with Gasteiger partial charge in [0.15, 0.2) is 0 Å². The molecule has 1 saturated heterocycles. The largest absolute Gasteiger partial charge is 0.497 e. The molecule has 2 aromatic carbocycles. The average molecular weight is 423 g/mol. The molecule has 3 rings (SSSR count). The number of rotatable bonds is 4. The van der Waals surface area contributed by atoms with E-state index in [0.717, 1.165) is 0 Å². The van der Waals surface area contributed by atoms with E-state index in [0.29, 0.717) is 45.9 Å². The van der Waals surface area contributed by atoms with Crippen LogP contribution in [0.3, 0.4) is 0 Å². The Bertz CT molecular complexity index is 897. The van der Waals surface area contributed by atoms with Gasteiger partial charge < -0.3 is 19.3 Å². The molecule has 0 unspecified atom stereocenters. The molecule has 2 amide bonds. The lowest BCUT2D eigenvalue weighted by atomic mass is 10.1. The first kappa shape index (κ1) is 20.3. The SMILES string of the molecule is COc1cc(OC)cc(N2CCN(C(=O)c3ccc(Cl)c(Cl)c3)[C@@H](C)C2=O)c1. The fourth-order valence-electron chi connectivity index (χ4n) is 3.15. The third-order valence-corrected chi connectivity index (χ3v) is 5.47. The Balaban J connectivity index is 1.83. The lowest BCUT2D eigenvalue weighted by Gasteiger charge is -2.39. The van der Waals surface area contributed by atoms with Crippen LogP contribution in [0.25, 0.3) is 0 Å². The second-order valence-corrected chi connectivity index (χ2v) is 7.18. The van der Waals surface area contributed by atoms with E-state index < -0.39 is 6.04 Å². The molecule has 28 heavy (non-hydrogen) atoms. The van der Waals surface area contributed by atoms with Crippen LogP contribution in [0.2, 0.25) is 10.0 Å². The van der Waals surface area contributed by atoms with Gasteiger partial charge in [-0.05, 0) is 25.1 Å². The number of amides is 2. The fraction of sp³-hybridized carbons (Fsp3) is 0.300. The van der Waals surface area contributed by atoms with Gasteiger partial charge in [0.2, 0.25) is 5.91 Å². The van der Waals surface area contributed by atoms with Crippen molar-refractivity contribution in [2.24, 2.45) is 0 Å². The van der Waals surface area contributed by atoms with Crippen molar-refractivity contribution in [2.75, 3.05) is 32.2 Å². The zero-order valence-electron chi connectivity index (χ0n) is 15.7. The minimum absolute atomic E-state index is 0.185. The highest BCUT2D eigenvalue weighted by Crippen LogP contribution is 2.31. The second kappa shape index (κ2) is 8.29. The van der Waals surface area contributed by atoms with Crippen LogP contribution in [0.5, 0.6) is 11.5 Å². The maximum absolute atomic E-state index is 13.0. The van der Waals surface area contributed by atoms with E-state index in [2.05, 4.69) is 0 Å². The Labute approximate surface area is 173 Å². The maximum atomic E-state index is 13.0. The Morgan fingerprint density at radius 1 is 1.00 bits per heavy atom. The van der Waals surface area contributed by atoms with Crippen molar-refractivity contribution in [3.8, 4) is 11.5 Å². The molecule has 0 bridgehead atoms. The van der Waals surface area contributed by atoms with Gasteiger partial charge in [-0.15, -0.1) is 0 Å². The quantitative estimate of drug-likeness (QED) is 0.749. The molecule has 1 fully saturated rings. The number of hydrogen-bond acceptors (Lipinski definition) is 4. The molecule has 0 spiro atoms. The van der Waals surface area contributed by atoms with Crippen LogP contribution in [0.4, 0.5) is 5.69 Å². The van der Waals surface area contributed by atoms with Gasteiger partial charge in [0, 0.05) is 36.9 Å². The van der Waals surface area contributed by atoms with Gasteiger partial charge >= 0.3 is 0 Å². The summed E-state index contributed by atoms with van der Waals surface area (Å²) in [5.41, 5.74) is 1.06. The summed E-state index contributed by atoms with van der Waals surface area (Å²) >= 11 is 11.9. The third-order valence-electron chi connectivity index (χ3n) is 4.73. The fourth-order valence-corrected chi connectivity index (χ4v) is 3.45. The van der Waals surface area contributed by atoms with E-state index in [1.165, 1.54) is 11.0 Å². The first-order valence-electron chi connectivity index (χ1n) is 8.66. The maximum Gasteiger partial charge on any atom is 0.254 e. The normalized spacial score (nSPS) is 16.9. The molecular formula is C20H20Cl2N2O4. The Morgan fingerprint density at radius 3 is 2.21 bits per heavy atom. The second-order valence-electron chi connectivity index (χ2n) is 6.36. The zero-order chi connectivity index (χ0) is 20.4. The van der Waals surface area contributed by atoms with Gasteiger partial charge in [0.05, 0.1) is 30.0 Å². The van der Waals surface area contributed by atoms with Crippen molar-refractivity contribution < 1.29 is 19.1 Å². The van der Waals surface area contributed by atoms with Gasteiger partial charge in [-0.1, -0.05) is 23.2 Å². The van der Waals surface area contributed by atoms with Crippen LogP contribution in [0, 0.1) is 0 Å². The van der Waals surface area contributed by atoms with Gasteiger partial charge in [0.25, 0.3) is 5.91 Å². The van der Waals surface area contributed by atoms with Crippen molar-refractivity contribution in [3.63, 3.8) is 0 Å². The highest BCUT2D eigenvalue weighted by Gasteiger charge is 2.35. The molecule has 0 N–H and O–H groups in total. The number of carbonyl (C=O) groups is 2. The minimum Gasteiger partial charge on any atom is -0.497 e. The van der Waals surface area contributed by atoms with E-state index in [1.807, 2.05) is 0 Å². The van der Waals surface area contributed by atoms with Crippen LogP contribution in [-0.2, 0) is 4.79 Å². The number of piperazine rings is 1. The standard InChI is InChI=1S/C20H20Cl2N2O4/c1-12-19(25)24(14-9-15(27-2)11-16(10-14)28-3)7-6-23(12)20(26)13-4-5-17(21)18(22)8-13/h4-5,8-12H,6-7H2,1-3H3/t12-/m0/s1. The van der Waals surface area contributed by atoms with Crippen LogP contribution in [-0.4, -0.2) is 50.1 Å². The number of hydrogen-bond donors (Lipinski definition) is 0. The van der Waals surface area contributed by atoms with Crippen molar-refractivity contribution in [1.29, 1.82) is 0 Å². The van der Waals surface area contributed by atoms with Crippen molar-refractivity contribution >= 4 is 40.7 Å². The molecule has 6 nitrogen and oxygen atoms in total. The van der Waals surface area contributed by atoms with Crippen molar-refractivity contribution in [3.05, 3.63) is 52.0 Å². The molecule has 8 heteroatoms. The third kappa shape index (κ3) is 3.88. The van der Waals surface area contributed by atoms with E-state index in [4.69, 9.17) is 32.7 Å². The van der Waals surface area contributed by atoms with E-state index in [-0.39, 0.29) is 11.8 Å². The van der Waals surface area contributed by atoms with Crippen molar-refractivity contribution in [2.45, 2.75) is 13.0 Å². The van der Waals surface area contributed by atoms with E-state index in [1.54, 1.807) is 56.4 Å². The minimum atomic E-state index is -0.632. The predicted octanol–water partition coefficient (Wildman–Crippen LogP) is 3.89. The number of methoxy groups -OCH3 is 2. The molecular weight excluding hydrogens is 403 g/mol. The summed E-state index contributed by atoms with van der Waals surface area (Å²) in [6.45, 7) is 2.44. The van der Waals surface area contributed by atoms with E-state index in [9.17, 15) is 9.59 Å². The number of anilines is 1. The number of halogens is 2. The van der Waals surface area contributed by atoms with E-state index >= 15 is 0 Å². The first-order chi connectivity index (χ1) is 13.3. The van der Waals surface area contributed by atoms with Gasteiger partial charge in [0.1, 0.15) is 17.5 Å². The highest BCUT2D eigenvalue weighted by atomic mass is 35.5. The van der Waals surface area contributed by atoms with Crippen LogP contribution in [0.1, 0.15) is 17.3 Å². The van der Waals surface area contributed by atoms with Gasteiger partial charge in [-0.2, -0.15) is 0 Å². The number of ether oxygens (including phenoxy) is 2. The number of benzene rings is 2. The topological polar surface area (TPSA) is 59.1 Å². The average Bonchev–Trinajstić information content (AvgIpc) is 2.71. The monoisotopic (exact) mass is 422 g/mol. The smallest absolute Gasteiger partial charge is 0.254 e.